The van der Waals surface area contributed by atoms with E-state index in [2.05, 4.69) is 10.6 Å². The minimum atomic E-state index is -3.57. The molecule has 156 valence electrons. The number of carbonyl (C=O) groups excluding carboxylic acids is 1. The first-order valence-corrected chi connectivity index (χ1v) is 11.2. The molecule has 0 radical (unpaired) electrons. The summed E-state index contributed by atoms with van der Waals surface area (Å²) in [4.78, 5) is 12.9. The largest absolute Gasteiger partial charge is 0.379 e. The number of nitrogens with zero attached hydrogens (tertiary/aromatic N) is 1. The van der Waals surface area contributed by atoms with Gasteiger partial charge in [-0.3, -0.25) is 4.79 Å². The topological polar surface area (TPSA) is 87.7 Å². The van der Waals surface area contributed by atoms with Crippen molar-refractivity contribution in [3.63, 3.8) is 0 Å². The molecule has 3 unspecified atom stereocenters. The number of hydrogen-bond donors (Lipinski definition) is 2. The molecule has 4 rings (SSSR count). The van der Waals surface area contributed by atoms with Gasteiger partial charge in [-0.1, -0.05) is 18.9 Å². The Morgan fingerprint density at radius 2 is 1.93 bits per heavy atom. The minimum absolute atomic E-state index is 0. The lowest BCUT2D eigenvalue weighted by Gasteiger charge is -2.26. The molecule has 0 aromatic heterocycles. The van der Waals surface area contributed by atoms with E-state index in [1.165, 1.54) is 23.6 Å². The fourth-order valence-electron chi connectivity index (χ4n) is 4.42. The molecule has 0 bridgehead atoms. The van der Waals surface area contributed by atoms with Crippen LogP contribution < -0.4 is 10.6 Å². The molecule has 1 aliphatic carbocycles. The van der Waals surface area contributed by atoms with Gasteiger partial charge in [-0.05, 0) is 43.4 Å². The van der Waals surface area contributed by atoms with Gasteiger partial charge in [0.05, 0.1) is 24.2 Å². The van der Waals surface area contributed by atoms with Gasteiger partial charge in [0.2, 0.25) is 15.9 Å². The first-order chi connectivity index (χ1) is 13.0. The zero-order chi connectivity index (χ0) is 18.9. The Hall–Kier alpha value is -1.19. The summed E-state index contributed by atoms with van der Waals surface area (Å²) in [5, 5.41) is 6.36. The fourth-order valence-corrected chi connectivity index (χ4v) is 5.88. The van der Waals surface area contributed by atoms with Crippen LogP contribution >= 0.6 is 12.4 Å². The van der Waals surface area contributed by atoms with Crippen molar-refractivity contribution in [2.24, 2.45) is 5.92 Å². The first-order valence-electron chi connectivity index (χ1n) is 9.79. The number of ether oxygens (including phenoxy) is 1. The van der Waals surface area contributed by atoms with Gasteiger partial charge in [0.1, 0.15) is 0 Å². The van der Waals surface area contributed by atoms with Gasteiger partial charge >= 0.3 is 0 Å². The zero-order valence-corrected chi connectivity index (χ0v) is 17.4. The lowest BCUT2D eigenvalue weighted by Crippen LogP contribution is -2.41. The number of anilines is 1. The van der Waals surface area contributed by atoms with Crippen LogP contribution in [0, 0.1) is 5.92 Å². The van der Waals surface area contributed by atoms with Crippen LogP contribution in [0.1, 0.15) is 32.1 Å². The van der Waals surface area contributed by atoms with Crippen molar-refractivity contribution < 1.29 is 17.9 Å². The standard InChI is InChI=1S/C19H27N3O4S.ClH/c23-19(18-12-14-4-1-2-7-17(14)21-18)20-15-5-3-6-16(13-15)27(24,25)22-8-10-26-11-9-22;/h3,5-6,13-14,17-18,21H,1-2,4,7-12H2,(H,20,23);1H. The van der Waals surface area contributed by atoms with Crippen molar-refractivity contribution in [3.8, 4) is 0 Å². The Kier molecular flexibility index (Phi) is 6.98. The highest BCUT2D eigenvalue weighted by molar-refractivity contribution is 7.89. The normalized spacial score (nSPS) is 28.2. The number of halogens is 1. The summed E-state index contributed by atoms with van der Waals surface area (Å²) in [6, 6.07) is 6.77. The van der Waals surface area contributed by atoms with E-state index in [9.17, 15) is 13.2 Å². The van der Waals surface area contributed by atoms with Crippen LogP contribution in [0.2, 0.25) is 0 Å². The van der Waals surface area contributed by atoms with Crippen molar-refractivity contribution in [1.29, 1.82) is 0 Å². The van der Waals surface area contributed by atoms with E-state index >= 15 is 0 Å². The molecule has 2 saturated heterocycles. The summed E-state index contributed by atoms with van der Waals surface area (Å²) in [5.74, 6) is 0.507. The van der Waals surface area contributed by atoms with E-state index in [1.807, 2.05) is 0 Å². The molecule has 28 heavy (non-hydrogen) atoms. The summed E-state index contributed by atoms with van der Waals surface area (Å²) >= 11 is 0. The number of hydrogen-bond acceptors (Lipinski definition) is 5. The molecule has 0 spiro atoms. The molecule has 1 aromatic carbocycles. The summed E-state index contributed by atoms with van der Waals surface area (Å²) in [5.41, 5.74) is 0.519. The van der Waals surface area contributed by atoms with E-state index in [-0.39, 0.29) is 29.3 Å². The Morgan fingerprint density at radius 3 is 2.68 bits per heavy atom. The molecule has 2 N–H and O–H groups in total. The molecule has 2 aliphatic heterocycles. The number of morpholine rings is 1. The monoisotopic (exact) mass is 429 g/mol. The maximum absolute atomic E-state index is 12.8. The van der Waals surface area contributed by atoms with Crippen LogP contribution in [0.3, 0.4) is 0 Å². The smallest absolute Gasteiger partial charge is 0.243 e. The molecule has 7 nitrogen and oxygen atoms in total. The maximum Gasteiger partial charge on any atom is 0.243 e. The van der Waals surface area contributed by atoms with Gasteiger partial charge in [-0.2, -0.15) is 4.31 Å². The molecule has 3 fully saturated rings. The summed E-state index contributed by atoms with van der Waals surface area (Å²) in [7, 11) is -3.57. The average Bonchev–Trinajstić information content (AvgIpc) is 3.13. The van der Waals surface area contributed by atoms with Crippen LogP contribution in [0.25, 0.3) is 0 Å². The van der Waals surface area contributed by atoms with E-state index in [0.29, 0.717) is 44.0 Å². The number of sulfonamides is 1. The number of amides is 1. The van der Waals surface area contributed by atoms with Gasteiger partial charge in [0.15, 0.2) is 0 Å². The van der Waals surface area contributed by atoms with Crippen LogP contribution in [0.15, 0.2) is 29.2 Å². The quantitative estimate of drug-likeness (QED) is 0.764. The fraction of sp³-hybridized carbons (Fsp3) is 0.632. The van der Waals surface area contributed by atoms with Crippen LogP contribution in [-0.4, -0.2) is 57.0 Å². The van der Waals surface area contributed by atoms with Crippen molar-refractivity contribution >= 4 is 34.0 Å². The second-order valence-corrected chi connectivity index (χ2v) is 9.58. The third kappa shape index (κ3) is 4.52. The lowest BCUT2D eigenvalue weighted by molar-refractivity contribution is -0.117. The van der Waals surface area contributed by atoms with Crippen molar-refractivity contribution in [2.75, 3.05) is 31.6 Å². The number of nitrogens with one attached hydrogen (secondary N) is 2. The van der Waals surface area contributed by atoms with Gasteiger partial charge < -0.3 is 15.4 Å². The van der Waals surface area contributed by atoms with E-state index in [0.717, 1.165) is 12.8 Å². The third-order valence-electron chi connectivity index (χ3n) is 5.89. The Bertz CT molecular complexity index is 784. The average molecular weight is 430 g/mol. The molecule has 3 aliphatic rings. The highest BCUT2D eigenvalue weighted by Gasteiger charge is 2.38. The van der Waals surface area contributed by atoms with Gasteiger partial charge in [0.25, 0.3) is 0 Å². The summed E-state index contributed by atoms with van der Waals surface area (Å²) < 4.78 is 32.3. The first kappa shape index (κ1) is 21.5. The number of fused-ring (bicyclic) bond motifs is 1. The second-order valence-electron chi connectivity index (χ2n) is 7.64. The Balaban J connectivity index is 0.00000225. The maximum atomic E-state index is 12.8. The summed E-state index contributed by atoms with van der Waals surface area (Å²) in [6.07, 6.45) is 5.67. The summed E-state index contributed by atoms with van der Waals surface area (Å²) in [6.45, 7) is 1.53. The van der Waals surface area contributed by atoms with Gasteiger partial charge in [-0.15, -0.1) is 12.4 Å². The van der Waals surface area contributed by atoms with Crippen molar-refractivity contribution in [1.82, 2.24) is 9.62 Å². The van der Waals surface area contributed by atoms with Crippen LogP contribution in [0.5, 0.6) is 0 Å². The Labute approximate surface area is 172 Å². The SMILES string of the molecule is Cl.O=C(Nc1cccc(S(=O)(=O)N2CCOCC2)c1)C1CC2CCCCC2N1. The Morgan fingerprint density at radius 1 is 1.18 bits per heavy atom. The number of rotatable bonds is 4. The molecule has 1 saturated carbocycles. The highest BCUT2D eigenvalue weighted by atomic mass is 35.5. The van der Waals surface area contributed by atoms with Crippen molar-refractivity contribution in [3.05, 3.63) is 24.3 Å². The molecule has 9 heteroatoms. The van der Waals surface area contributed by atoms with Crippen LogP contribution in [0.4, 0.5) is 5.69 Å². The number of carbonyl (C=O) groups is 1. The van der Waals surface area contributed by atoms with E-state index in [1.54, 1.807) is 24.3 Å². The van der Waals surface area contributed by atoms with Crippen molar-refractivity contribution in [2.45, 2.75) is 49.1 Å². The molecule has 1 aromatic rings. The van der Waals surface area contributed by atoms with Crippen LogP contribution in [-0.2, 0) is 19.6 Å². The number of benzene rings is 1. The zero-order valence-electron chi connectivity index (χ0n) is 15.8. The predicted molar refractivity (Wildman–Crippen MR) is 109 cm³/mol. The van der Waals surface area contributed by atoms with Gasteiger partial charge in [-0.25, -0.2) is 8.42 Å². The highest BCUT2D eigenvalue weighted by Crippen LogP contribution is 2.33. The molecule has 2 heterocycles. The van der Waals surface area contributed by atoms with E-state index in [4.69, 9.17) is 4.74 Å². The molecule has 3 atom stereocenters. The lowest BCUT2D eigenvalue weighted by atomic mass is 9.85. The molecular weight excluding hydrogens is 402 g/mol. The second kappa shape index (κ2) is 9.09. The minimum Gasteiger partial charge on any atom is -0.379 e. The van der Waals surface area contributed by atoms with Gasteiger partial charge in [0, 0.05) is 24.8 Å². The molecular formula is C19H28ClN3O4S. The van der Waals surface area contributed by atoms with E-state index < -0.39 is 10.0 Å². The molecule has 1 amide bonds. The third-order valence-corrected chi connectivity index (χ3v) is 7.78. The predicted octanol–water partition coefficient (Wildman–Crippen LogP) is 1.99.